The number of Topliss-reactive ketones (excluding diaryl/α,β-unsaturated/α-hetero) is 1. The summed E-state index contributed by atoms with van der Waals surface area (Å²) in [4.78, 5) is 16.1. The van der Waals surface area contributed by atoms with Gasteiger partial charge in [-0.15, -0.1) is 0 Å². The normalized spacial score (nSPS) is 10.3. The third kappa shape index (κ3) is 3.38. The standard InChI is InChI=1S/C14H11BrFNO2/c1-19-14-5-2-9(6-12(14)16)13(18)7-11-4-3-10(15)8-17-11/h2-6,8H,7H2,1H3. The van der Waals surface area contributed by atoms with Crippen molar-refractivity contribution in [3.63, 3.8) is 0 Å². The van der Waals surface area contributed by atoms with E-state index in [1.165, 1.54) is 19.2 Å². The van der Waals surface area contributed by atoms with Crippen molar-refractivity contribution in [1.29, 1.82) is 0 Å². The highest BCUT2D eigenvalue weighted by Crippen LogP contribution is 2.19. The van der Waals surface area contributed by atoms with E-state index in [1.54, 1.807) is 18.3 Å². The van der Waals surface area contributed by atoms with Crippen LogP contribution >= 0.6 is 15.9 Å². The van der Waals surface area contributed by atoms with Crippen molar-refractivity contribution < 1.29 is 13.9 Å². The summed E-state index contributed by atoms with van der Waals surface area (Å²) >= 11 is 3.27. The SMILES string of the molecule is COc1ccc(C(=O)Cc2ccc(Br)cn2)cc1F. The maximum Gasteiger partial charge on any atom is 0.168 e. The van der Waals surface area contributed by atoms with Crippen LogP contribution in [0.15, 0.2) is 41.0 Å². The lowest BCUT2D eigenvalue weighted by molar-refractivity contribution is 0.0991. The van der Waals surface area contributed by atoms with Crippen LogP contribution in [0.3, 0.4) is 0 Å². The zero-order valence-electron chi connectivity index (χ0n) is 10.2. The van der Waals surface area contributed by atoms with Crippen LogP contribution < -0.4 is 4.74 Å². The summed E-state index contributed by atoms with van der Waals surface area (Å²) in [5.74, 6) is -0.605. The molecule has 1 aromatic carbocycles. The van der Waals surface area contributed by atoms with Crippen molar-refractivity contribution in [2.45, 2.75) is 6.42 Å². The lowest BCUT2D eigenvalue weighted by Gasteiger charge is -2.04. The van der Waals surface area contributed by atoms with E-state index in [0.29, 0.717) is 11.3 Å². The fourth-order valence-electron chi connectivity index (χ4n) is 1.62. The zero-order valence-corrected chi connectivity index (χ0v) is 11.8. The molecule has 0 bridgehead atoms. The summed E-state index contributed by atoms with van der Waals surface area (Å²) in [5.41, 5.74) is 0.951. The molecule has 0 amide bonds. The predicted molar refractivity (Wildman–Crippen MR) is 72.9 cm³/mol. The molecule has 1 aromatic heterocycles. The first-order valence-electron chi connectivity index (χ1n) is 5.57. The number of pyridine rings is 1. The molecule has 1 heterocycles. The van der Waals surface area contributed by atoms with Crippen LogP contribution in [-0.2, 0) is 6.42 Å². The number of carbonyl (C=O) groups is 1. The molecule has 5 heteroatoms. The van der Waals surface area contributed by atoms with Gasteiger partial charge in [-0.2, -0.15) is 0 Å². The second-order valence-corrected chi connectivity index (χ2v) is 4.83. The molecule has 0 unspecified atom stereocenters. The van der Waals surface area contributed by atoms with E-state index in [0.717, 1.165) is 4.47 Å². The van der Waals surface area contributed by atoms with Crippen molar-refractivity contribution in [3.05, 3.63) is 58.1 Å². The van der Waals surface area contributed by atoms with E-state index < -0.39 is 5.82 Å². The summed E-state index contributed by atoms with van der Waals surface area (Å²) < 4.78 is 19.2. The van der Waals surface area contributed by atoms with Crippen LogP contribution in [0, 0.1) is 5.82 Å². The van der Waals surface area contributed by atoms with Gasteiger partial charge in [0.25, 0.3) is 0 Å². The van der Waals surface area contributed by atoms with Crippen molar-refractivity contribution in [1.82, 2.24) is 4.98 Å². The van der Waals surface area contributed by atoms with Crippen LogP contribution in [0.25, 0.3) is 0 Å². The number of halogens is 2. The monoisotopic (exact) mass is 323 g/mol. The van der Waals surface area contributed by atoms with Gasteiger partial charge in [0.1, 0.15) is 0 Å². The number of ether oxygens (including phenoxy) is 1. The van der Waals surface area contributed by atoms with Crippen molar-refractivity contribution in [2.24, 2.45) is 0 Å². The third-order valence-electron chi connectivity index (χ3n) is 2.60. The number of rotatable bonds is 4. The minimum absolute atomic E-state index is 0.123. The van der Waals surface area contributed by atoms with Gasteiger partial charge in [0.05, 0.1) is 13.5 Å². The Morgan fingerprint density at radius 1 is 1.37 bits per heavy atom. The minimum atomic E-state index is -0.544. The fraction of sp³-hybridized carbons (Fsp3) is 0.143. The number of benzene rings is 1. The molecule has 0 spiro atoms. The number of ketones is 1. The van der Waals surface area contributed by atoms with Gasteiger partial charge in [-0.1, -0.05) is 0 Å². The Kier molecular flexibility index (Phi) is 4.27. The molecule has 0 aliphatic rings. The van der Waals surface area contributed by atoms with Crippen molar-refractivity contribution in [3.8, 4) is 5.75 Å². The van der Waals surface area contributed by atoms with E-state index >= 15 is 0 Å². The maximum absolute atomic E-state index is 13.5. The highest BCUT2D eigenvalue weighted by atomic mass is 79.9. The van der Waals surface area contributed by atoms with Gasteiger partial charge >= 0.3 is 0 Å². The fourth-order valence-corrected chi connectivity index (χ4v) is 1.85. The molecule has 3 nitrogen and oxygen atoms in total. The van der Waals surface area contributed by atoms with Gasteiger partial charge in [0.2, 0.25) is 0 Å². The predicted octanol–water partition coefficient (Wildman–Crippen LogP) is 3.42. The molecule has 0 radical (unpaired) electrons. The third-order valence-corrected chi connectivity index (χ3v) is 3.07. The van der Waals surface area contributed by atoms with Crippen molar-refractivity contribution in [2.75, 3.05) is 7.11 Å². The highest BCUT2D eigenvalue weighted by Gasteiger charge is 2.11. The Hall–Kier alpha value is -1.75. The summed E-state index contributed by atoms with van der Waals surface area (Å²) in [5, 5.41) is 0. The van der Waals surface area contributed by atoms with Crippen LogP contribution in [0.5, 0.6) is 5.75 Å². The molecule has 0 saturated heterocycles. The molecular weight excluding hydrogens is 313 g/mol. The number of hydrogen-bond donors (Lipinski definition) is 0. The second-order valence-electron chi connectivity index (χ2n) is 3.92. The maximum atomic E-state index is 13.5. The molecule has 98 valence electrons. The number of hydrogen-bond acceptors (Lipinski definition) is 3. The number of methoxy groups -OCH3 is 1. The Morgan fingerprint density at radius 3 is 2.74 bits per heavy atom. The van der Waals surface area contributed by atoms with Gasteiger partial charge < -0.3 is 4.74 Å². The van der Waals surface area contributed by atoms with Crippen LogP contribution in [0.2, 0.25) is 0 Å². The van der Waals surface area contributed by atoms with Crippen LogP contribution in [-0.4, -0.2) is 17.9 Å². The summed E-state index contributed by atoms with van der Waals surface area (Å²) in [6, 6.07) is 7.73. The van der Waals surface area contributed by atoms with Crippen LogP contribution in [0.1, 0.15) is 16.1 Å². The molecule has 0 saturated carbocycles. The quantitative estimate of drug-likeness (QED) is 0.809. The van der Waals surface area contributed by atoms with Crippen LogP contribution in [0.4, 0.5) is 4.39 Å². The molecule has 0 N–H and O–H groups in total. The molecule has 0 aliphatic carbocycles. The molecule has 0 aliphatic heterocycles. The lowest BCUT2D eigenvalue weighted by Crippen LogP contribution is -2.05. The van der Waals surface area contributed by atoms with E-state index in [-0.39, 0.29) is 18.0 Å². The number of nitrogens with zero attached hydrogens (tertiary/aromatic N) is 1. The van der Waals surface area contributed by atoms with Gasteiger partial charge in [-0.25, -0.2) is 4.39 Å². The average molecular weight is 324 g/mol. The zero-order chi connectivity index (χ0) is 13.8. The van der Waals surface area contributed by atoms with E-state index in [2.05, 4.69) is 20.9 Å². The van der Waals surface area contributed by atoms with Gasteiger partial charge in [0, 0.05) is 21.9 Å². The molecule has 0 atom stereocenters. The molecule has 0 fully saturated rings. The first-order valence-corrected chi connectivity index (χ1v) is 6.36. The number of carbonyl (C=O) groups excluding carboxylic acids is 1. The Morgan fingerprint density at radius 2 is 2.16 bits per heavy atom. The van der Waals surface area contributed by atoms with E-state index in [9.17, 15) is 9.18 Å². The second kappa shape index (κ2) is 5.93. The Balaban J connectivity index is 2.16. The average Bonchev–Trinajstić information content (AvgIpc) is 2.41. The minimum Gasteiger partial charge on any atom is -0.494 e. The molecule has 2 aromatic rings. The van der Waals surface area contributed by atoms with Crippen molar-refractivity contribution >= 4 is 21.7 Å². The first-order chi connectivity index (χ1) is 9.10. The summed E-state index contributed by atoms with van der Waals surface area (Å²) in [6.07, 6.45) is 1.76. The van der Waals surface area contributed by atoms with Gasteiger partial charge in [0.15, 0.2) is 17.3 Å². The van der Waals surface area contributed by atoms with E-state index in [1.807, 2.05) is 6.07 Å². The smallest absolute Gasteiger partial charge is 0.168 e. The van der Waals surface area contributed by atoms with Gasteiger partial charge in [-0.05, 0) is 46.3 Å². The molecular formula is C14H11BrFNO2. The van der Waals surface area contributed by atoms with Gasteiger partial charge in [-0.3, -0.25) is 9.78 Å². The largest absolute Gasteiger partial charge is 0.494 e. The van der Waals surface area contributed by atoms with E-state index in [4.69, 9.17) is 4.74 Å². The Bertz CT molecular complexity index is 599. The Labute approximate surface area is 118 Å². The topological polar surface area (TPSA) is 39.2 Å². The summed E-state index contributed by atoms with van der Waals surface area (Å²) in [7, 11) is 1.38. The highest BCUT2D eigenvalue weighted by molar-refractivity contribution is 9.10. The molecule has 2 rings (SSSR count). The lowest BCUT2D eigenvalue weighted by atomic mass is 10.1. The number of aromatic nitrogens is 1. The molecule has 19 heavy (non-hydrogen) atoms. The summed E-state index contributed by atoms with van der Waals surface area (Å²) in [6.45, 7) is 0. The first kappa shape index (κ1) is 13.7.